The van der Waals surface area contributed by atoms with Gasteiger partial charge in [-0.1, -0.05) is 5.16 Å². The van der Waals surface area contributed by atoms with E-state index in [0.29, 0.717) is 13.0 Å². The Bertz CT molecular complexity index is 112. The number of hydrazine groups is 1. The second-order valence-corrected chi connectivity index (χ2v) is 2.14. The second-order valence-electron chi connectivity index (χ2n) is 2.14. The van der Waals surface area contributed by atoms with E-state index in [2.05, 4.69) is 10.6 Å². The van der Waals surface area contributed by atoms with Gasteiger partial charge in [-0.2, -0.15) is 0 Å². The third kappa shape index (κ3) is 5.33. The maximum Gasteiger partial charge on any atom is 0.140 e. The summed E-state index contributed by atoms with van der Waals surface area (Å²) in [5.74, 6) is 0.245. The molecular weight excluding hydrogens is 132 g/mol. The van der Waals surface area contributed by atoms with Crippen molar-refractivity contribution in [2.45, 2.75) is 6.42 Å². The van der Waals surface area contributed by atoms with E-state index in [1.165, 1.54) is 0 Å². The lowest BCUT2D eigenvalue weighted by Gasteiger charge is -2.10. The molecule has 0 heterocycles. The topological polar surface area (TPSA) is 73.9 Å². The van der Waals surface area contributed by atoms with Gasteiger partial charge >= 0.3 is 0 Å². The van der Waals surface area contributed by atoms with Gasteiger partial charge in [0.25, 0.3) is 0 Å². The first kappa shape index (κ1) is 9.19. The predicted octanol–water partition coefficient (Wildman–Crippen LogP) is -0.811. The second kappa shape index (κ2) is 5.01. The van der Waals surface area contributed by atoms with Crippen molar-refractivity contribution in [3.63, 3.8) is 0 Å². The molecule has 0 amide bonds. The molecule has 5 nitrogen and oxygen atoms in total. The van der Waals surface area contributed by atoms with E-state index in [9.17, 15) is 0 Å². The Balaban J connectivity index is 3.20. The van der Waals surface area contributed by atoms with Crippen LogP contribution in [0.1, 0.15) is 6.42 Å². The van der Waals surface area contributed by atoms with Crippen LogP contribution in [0.3, 0.4) is 0 Å². The molecule has 0 spiro atoms. The minimum Gasteiger partial charge on any atom is -0.409 e. The molecule has 0 aliphatic rings. The van der Waals surface area contributed by atoms with Crippen molar-refractivity contribution in [3.8, 4) is 0 Å². The molecule has 0 unspecified atom stereocenters. The van der Waals surface area contributed by atoms with Gasteiger partial charge in [0.15, 0.2) is 0 Å². The Kier molecular flexibility index (Phi) is 4.61. The van der Waals surface area contributed by atoms with E-state index in [4.69, 9.17) is 10.9 Å². The highest BCUT2D eigenvalue weighted by Gasteiger charge is 1.92. The highest BCUT2D eigenvalue weighted by molar-refractivity contribution is 5.79. The van der Waals surface area contributed by atoms with Crippen molar-refractivity contribution in [3.05, 3.63) is 0 Å². The summed E-state index contributed by atoms with van der Waals surface area (Å²) < 4.78 is 0. The normalized spacial score (nSPS) is 12.5. The lowest BCUT2D eigenvalue weighted by molar-refractivity contribution is 0.291. The average molecular weight is 146 g/mol. The van der Waals surface area contributed by atoms with Crippen LogP contribution < -0.4 is 11.2 Å². The first-order valence-corrected chi connectivity index (χ1v) is 3.04. The van der Waals surface area contributed by atoms with Gasteiger partial charge in [0.2, 0.25) is 0 Å². The maximum absolute atomic E-state index is 8.12. The van der Waals surface area contributed by atoms with Crippen molar-refractivity contribution in [1.82, 2.24) is 10.4 Å². The molecule has 0 aromatic heterocycles. The van der Waals surface area contributed by atoms with Gasteiger partial charge in [-0.05, 0) is 0 Å². The van der Waals surface area contributed by atoms with E-state index < -0.39 is 0 Å². The van der Waals surface area contributed by atoms with Crippen LogP contribution in [-0.2, 0) is 0 Å². The smallest absolute Gasteiger partial charge is 0.140 e. The van der Waals surface area contributed by atoms with Crippen molar-refractivity contribution >= 4 is 5.84 Å². The monoisotopic (exact) mass is 146 g/mol. The van der Waals surface area contributed by atoms with E-state index in [-0.39, 0.29) is 5.84 Å². The summed E-state index contributed by atoms with van der Waals surface area (Å²) in [6, 6.07) is 0. The van der Waals surface area contributed by atoms with Gasteiger partial charge in [0.1, 0.15) is 5.84 Å². The van der Waals surface area contributed by atoms with Gasteiger partial charge < -0.3 is 10.9 Å². The van der Waals surface area contributed by atoms with Crippen LogP contribution in [0.15, 0.2) is 5.16 Å². The molecule has 0 aliphatic heterocycles. The van der Waals surface area contributed by atoms with Gasteiger partial charge in [-0.3, -0.25) is 10.4 Å². The van der Waals surface area contributed by atoms with Crippen molar-refractivity contribution in [2.24, 2.45) is 10.9 Å². The highest BCUT2D eigenvalue weighted by atomic mass is 16.4. The highest BCUT2D eigenvalue weighted by Crippen LogP contribution is 1.76. The quantitative estimate of drug-likeness (QED) is 0.210. The summed E-state index contributed by atoms with van der Waals surface area (Å²) in [6.45, 7) is 0.683. The van der Waals surface area contributed by atoms with Crippen LogP contribution in [0.4, 0.5) is 0 Å². The van der Waals surface area contributed by atoms with E-state index in [1.54, 1.807) is 0 Å². The van der Waals surface area contributed by atoms with Crippen LogP contribution in [0.25, 0.3) is 0 Å². The zero-order chi connectivity index (χ0) is 7.98. The molecule has 10 heavy (non-hydrogen) atoms. The zero-order valence-corrected chi connectivity index (χ0v) is 6.33. The Morgan fingerprint density at radius 3 is 2.70 bits per heavy atom. The standard InChI is InChI=1S/C5H14N4O/c1-9(2)7-4-3-5(6)8-10/h7,10H,3-4H2,1-2H3,(H2,6,8). The summed E-state index contributed by atoms with van der Waals surface area (Å²) in [5.41, 5.74) is 8.17. The lowest BCUT2D eigenvalue weighted by Crippen LogP contribution is -2.33. The van der Waals surface area contributed by atoms with E-state index in [1.807, 2.05) is 19.1 Å². The summed E-state index contributed by atoms with van der Waals surface area (Å²) in [5, 5.41) is 12.8. The Morgan fingerprint density at radius 2 is 2.30 bits per heavy atom. The van der Waals surface area contributed by atoms with Crippen LogP contribution in [0.5, 0.6) is 0 Å². The third-order valence-electron chi connectivity index (χ3n) is 0.938. The lowest BCUT2D eigenvalue weighted by atomic mass is 10.4. The predicted molar refractivity (Wildman–Crippen MR) is 39.7 cm³/mol. The largest absolute Gasteiger partial charge is 0.409 e. The Labute approximate surface area is 60.5 Å². The summed E-state index contributed by atoms with van der Waals surface area (Å²) in [7, 11) is 3.76. The minimum atomic E-state index is 0.245. The van der Waals surface area contributed by atoms with Crippen LogP contribution in [0.2, 0.25) is 0 Å². The number of amidine groups is 1. The molecule has 0 fully saturated rings. The maximum atomic E-state index is 8.12. The van der Waals surface area contributed by atoms with E-state index >= 15 is 0 Å². The zero-order valence-electron chi connectivity index (χ0n) is 6.33. The summed E-state index contributed by atoms with van der Waals surface area (Å²) in [6.07, 6.45) is 0.550. The van der Waals surface area contributed by atoms with E-state index in [0.717, 1.165) is 0 Å². The number of nitrogens with one attached hydrogen (secondary N) is 1. The van der Waals surface area contributed by atoms with Crippen LogP contribution in [0, 0.1) is 0 Å². The fourth-order valence-electron chi connectivity index (χ4n) is 0.458. The molecule has 0 saturated heterocycles. The minimum absolute atomic E-state index is 0.245. The molecular formula is C5H14N4O. The molecule has 0 radical (unpaired) electrons. The SMILES string of the molecule is CN(C)NCC/C(N)=N/O. The number of nitrogens with two attached hydrogens (primary N) is 1. The molecule has 60 valence electrons. The van der Waals surface area contributed by atoms with Crippen LogP contribution in [-0.4, -0.2) is 36.7 Å². The summed E-state index contributed by atoms with van der Waals surface area (Å²) >= 11 is 0. The molecule has 0 rings (SSSR count). The number of hydrogen-bond donors (Lipinski definition) is 3. The van der Waals surface area contributed by atoms with Gasteiger partial charge in [-0.25, -0.2) is 0 Å². The van der Waals surface area contributed by atoms with Crippen molar-refractivity contribution < 1.29 is 5.21 Å². The fourth-order valence-corrected chi connectivity index (χ4v) is 0.458. The Morgan fingerprint density at radius 1 is 1.70 bits per heavy atom. The van der Waals surface area contributed by atoms with Gasteiger partial charge in [-0.15, -0.1) is 0 Å². The van der Waals surface area contributed by atoms with Crippen molar-refractivity contribution in [2.75, 3.05) is 20.6 Å². The van der Waals surface area contributed by atoms with Gasteiger partial charge in [0.05, 0.1) is 0 Å². The average Bonchev–Trinajstić information content (AvgIpc) is 1.87. The first-order chi connectivity index (χ1) is 4.66. The molecule has 0 atom stereocenters. The molecule has 0 aromatic rings. The Hall–Kier alpha value is -0.810. The molecule has 4 N–H and O–H groups in total. The number of hydrogen-bond acceptors (Lipinski definition) is 4. The third-order valence-corrected chi connectivity index (χ3v) is 0.938. The number of rotatable bonds is 4. The first-order valence-electron chi connectivity index (χ1n) is 3.04. The molecule has 0 aromatic carbocycles. The number of nitrogens with zero attached hydrogens (tertiary/aromatic N) is 2. The number of oxime groups is 1. The van der Waals surface area contributed by atoms with Gasteiger partial charge in [0, 0.05) is 27.1 Å². The summed E-state index contributed by atoms with van der Waals surface area (Å²) in [4.78, 5) is 0. The fraction of sp³-hybridized carbons (Fsp3) is 0.800. The van der Waals surface area contributed by atoms with Crippen LogP contribution >= 0.6 is 0 Å². The van der Waals surface area contributed by atoms with Crippen molar-refractivity contribution in [1.29, 1.82) is 0 Å². The molecule has 0 aliphatic carbocycles. The molecule has 0 bridgehead atoms. The molecule has 0 saturated carbocycles. The molecule has 5 heteroatoms.